The lowest BCUT2D eigenvalue weighted by Gasteiger charge is -2.00. The van der Waals surface area contributed by atoms with Crippen molar-refractivity contribution in [1.29, 1.82) is 0 Å². The molecule has 3 rings (SSSR count). The van der Waals surface area contributed by atoms with Crippen LogP contribution in [-0.2, 0) is 9.53 Å². The molecule has 1 N–H and O–H groups in total. The van der Waals surface area contributed by atoms with Crippen molar-refractivity contribution in [2.24, 2.45) is 0 Å². The predicted octanol–water partition coefficient (Wildman–Crippen LogP) is 4.32. The molecule has 126 valence electrons. The number of carboxylic acids is 1. The highest BCUT2D eigenvalue weighted by molar-refractivity contribution is 8.13. The fraction of sp³-hybridized carbons (Fsp3) is 0.0556. The Hall–Kier alpha value is -3.06. The lowest BCUT2D eigenvalue weighted by atomic mass is 10.1. The van der Waals surface area contributed by atoms with Crippen LogP contribution in [0.5, 0.6) is 0 Å². The Bertz CT molecular complexity index is 820. The van der Waals surface area contributed by atoms with Gasteiger partial charge >= 0.3 is 11.3 Å². The molecule has 0 atom stereocenters. The summed E-state index contributed by atoms with van der Waals surface area (Å²) in [6.07, 6.45) is 0. The smallest absolute Gasteiger partial charge is 0.377 e. The van der Waals surface area contributed by atoms with Gasteiger partial charge in [0.1, 0.15) is 5.69 Å². The number of thioether (sulfide) groups is 1. The Balaban J connectivity index is 1.92. The van der Waals surface area contributed by atoms with Gasteiger partial charge in [0, 0.05) is 11.1 Å². The van der Waals surface area contributed by atoms with Gasteiger partial charge in [-0.3, -0.25) is 0 Å². The maximum Gasteiger partial charge on any atom is 0.377 e. The van der Waals surface area contributed by atoms with Crippen LogP contribution in [0.3, 0.4) is 0 Å². The number of nitrogens with zero attached hydrogens (tertiary/aromatic N) is 1. The van der Waals surface area contributed by atoms with Crippen molar-refractivity contribution >= 4 is 23.0 Å². The minimum Gasteiger partial charge on any atom is -0.479 e. The zero-order valence-corrected chi connectivity index (χ0v) is 13.7. The molecule has 0 saturated carbocycles. The molecule has 0 fully saturated rings. The van der Waals surface area contributed by atoms with Gasteiger partial charge in [0.15, 0.2) is 12.4 Å². The number of hydrogen-bond donors (Lipinski definition) is 1. The van der Waals surface area contributed by atoms with E-state index in [4.69, 9.17) is 9.52 Å². The van der Waals surface area contributed by atoms with E-state index in [1.807, 2.05) is 60.7 Å². The summed E-state index contributed by atoms with van der Waals surface area (Å²) in [4.78, 5) is 26.5. The average molecular weight is 355 g/mol. The fourth-order valence-corrected chi connectivity index (χ4v) is 2.66. The molecule has 0 unspecified atom stereocenters. The van der Waals surface area contributed by atoms with E-state index in [0.29, 0.717) is 23.2 Å². The third kappa shape index (κ3) is 4.27. The molecule has 0 aliphatic heterocycles. The van der Waals surface area contributed by atoms with Crippen LogP contribution < -0.4 is 0 Å². The second kappa shape index (κ2) is 7.67. The first-order valence-electron chi connectivity index (χ1n) is 7.31. The van der Waals surface area contributed by atoms with E-state index in [2.05, 4.69) is 9.72 Å². The van der Waals surface area contributed by atoms with Gasteiger partial charge in [-0.25, -0.2) is 14.6 Å². The predicted molar refractivity (Wildman–Crippen MR) is 92.2 cm³/mol. The Morgan fingerprint density at radius 2 is 1.60 bits per heavy atom. The number of rotatable bonds is 5. The normalized spacial score (nSPS) is 10.4. The van der Waals surface area contributed by atoms with Gasteiger partial charge in [0.05, 0.1) is 11.8 Å². The molecular weight excluding hydrogens is 342 g/mol. The lowest BCUT2D eigenvalue weighted by Crippen LogP contribution is -2.09. The molecule has 1 aromatic heterocycles. The second-order valence-electron chi connectivity index (χ2n) is 4.92. The van der Waals surface area contributed by atoms with Crippen LogP contribution in [0.4, 0.5) is 4.79 Å². The SMILES string of the molecule is O=C(O)COC(=O)Sc1nc(-c2ccccc2)c(-c2ccccc2)o1. The Morgan fingerprint density at radius 1 is 1.00 bits per heavy atom. The van der Waals surface area contributed by atoms with Gasteiger partial charge in [-0.2, -0.15) is 0 Å². The summed E-state index contributed by atoms with van der Waals surface area (Å²) in [6.45, 7) is -0.705. The lowest BCUT2D eigenvalue weighted by molar-refractivity contribution is -0.139. The summed E-state index contributed by atoms with van der Waals surface area (Å²) in [7, 11) is 0. The van der Waals surface area contributed by atoms with E-state index in [1.54, 1.807) is 0 Å². The zero-order valence-electron chi connectivity index (χ0n) is 12.9. The molecule has 0 aliphatic rings. The standard InChI is InChI=1S/C18H13NO5S/c20-14(21)11-23-18(22)25-17-19-15(12-7-3-1-4-8-12)16(24-17)13-9-5-2-6-10-13/h1-10H,11H2,(H,20,21). The largest absolute Gasteiger partial charge is 0.479 e. The molecule has 3 aromatic rings. The van der Waals surface area contributed by atoms with Crippen LogP contribution in [0.2, 0.25) is 0 Å². The second-order valence-corrected chi connectivity index (χ2v) is 5.81. The number of aromatic nitrogens is 1. The molecule has 0 radical (unpaired) electrons. The van der Waals surface area contributed by atoms with E-state index in [-0.39, 0.29) is 5.22 Å². The quantitative estimate of drug-likeness (QED) is 0.538. The summed E-state index contributed by atoms with van der Waals surface area (Å²) in [5.41, 5.74) is 2.26. The van der Waals surface area contributed by atoms with Crippen molar-refractivity contribution in [2.75, 3.05) is 6.61 Å². The minimum atomic E-state index is -1.23. The molecule has 0 amide bonds. The van der Waals surface area contributed by atoms with Crippen LogP contribution in [-0.4, -0.2) is 28.0 Å². The number of benzene rings is 2. The number of carbonyl (C=O) groups excluding carboxylic acids is 1. The molecule has 6 nitrogen and oxygen atoms in total. The molecule has 7 heteroatoms. The maximum absolute atomic E-state index is 11.7. The number of ether oxygens (including phenoxy) is 1. The molecule has 0 spiro atoms. The third-order valence-corrected chi connectivity index (χ3v) is 3.81. The highest BCUT2D eigenvalue weighted by Crippen LogP contribution is 2.35. The van der Waals surface area contributed by atoms with Crippen molar-refractivity contribution in [1.82, 2.24) is 4.98 Å². The third-order valence-electron chi connectivity index (χ3n) is 3.17. The van der Waals surface area contributed by atoms with E-state index in [9.17, 15) is 9.59 Å². The van der Waals surface area contributed by atoms with Crippen LogP contribution in [0.15, 0.2) is 70.3 Å². The molecule has 0 aliphatic carbocycles. The van der Waals surface area contributed by atoms with Crippen molar-refractivity contribution in [3.05, 3.63) is 60.7 Å². The topological polar surface area (TPSA) is 89.6 Å². The highest BCUT2D eigenvalue weighted by Gasteiger charge is 2.20. The number of oxazole rings is 1. The van der Waals surface area contributed by atoms with Gasteiger partial charge in [0.2, 0.25) is 0 Å². The van der Waals surface area contributed by atoms with E-state index < -0.39 is 17.9 Å². The number of hydrogen-bond acceptors (Lipinski definition) is 6. The van der Waals surface area contributed by atoms with Gasteiger partial charge in [-0.15, -0.1) is 0 Å². The number of carbonyl (C=O) groups is 2. The first-order chi connectivity index (χ1) is 12.1. The molecule has 25 heavy (non-hydrogen) atoms. The molecular formula is C18H13NO5S. The Labute approximate surface area is 147 Å². The fourth-order valence-electron chi connectivity index (χ4n) is 2.14. The summed E-state index contributed by atoms with van der Waals surface area (Å²) in [5, 5.41) is 7.85. The number of aliphatic carboxylic acids is 1. The summed E-state index contributed by atoms with van der Waals surface area (Å²) >= 11 is 0.608. The molecule has 2 aromatic carbocycles. The minimum absolute atomic E-state index is 0.0908. The monoisotopic (exact) mass is 355 g/mol. The van der Waals surface area contributed by atoms with Crippen molar-refractivity contribution < 1.29 is 23.8 Å². The number of carboxylic acid groups (broad SMARTS) is 1. The maximum atomic E-state index is 11.7. The Kier molecular flexibility index (Phi) is 5.15. The molecule has 0 saturated heterocycles. The van der Waals surface area contributed by atoms with Crippen molar-refractivity contribution in [2.45, 2.75) is 5.22 Å². The molecule has 0 bridgehead atoms. The first kappa shape index (κ1) is 16.8. The van der Waals surface area contributed by atoms with Crippen LogP contribution >= 0.6 is 11.8 Å². The van der Waals surface area contributed by atoms with Gasteiger partial charge < -0.3 is 14.3 Å². The van der Waals surface area contributed by atoms with E-state index in [0.717, 1.165) is 11.1 Å². The van der Waals surface area contributed by atoms with Crippen LogP contribution in [0.1, 0.15) is 0 Å². The van der Waals surface area contributed by atoms with Crippen LogP contribution in [0.25, 0.3) is 22.6 Å². The van der Waals surface area contributed by atoms with Gasteiger partial charge in [-0.1, -0.05) is 60.7 Å². The van der Waals surface area contributed by atoms with Gasteiger partial charge in [-0.05, 0) is 0 Å². The van der Waals surface area contributed by atoms with Crippen molar-refractivity contribution in [3.8, 4) is 22.6 Å². The summed E-state index contributed by atoms with van der Waals surface area (Å²) in [6, 6.07) is 18.8. The summed E-state index contributed by atoms with van der Waals surface area (Å²) < 4.78 is 10.3. The summed E-state index contributed by atoms with van der Waals surface area (Å²) in [5.74, 6) is -0.698. The Morgan fingerprint density at radius 3 is 2.20 bits per heavy atom. The highest BCUT2D eigenvalue weighted by atomic mass is 32.2. The van der Waals surface area contributed by atoms with Gasteiger partial charge in [0.25, 0.3) is 5.22 Å². The molecule has 1 heterocycles. The van der Waals surface area contributed by atoms with Crippen molar-refractivity contribution in [3.63, 3.8) is 0 Å². The van der Waals surface area contributed by atoms with E-state index in [1.165, 1.54) is 0 Å². The zero-order chi connectivity index (χ0) is 17.6. The van der Waals surface area contributed by atoms with E-state index >= 15 is 0 Å². The first-order valence-corrected chi connectivity index (χ1v) is 8.13. The van der Waals surface area contributed by atoms with Crippen LogP contribution in [0, 0.1) is 0 Å². The average Bonchev–Trinajstić information content (AvgIpc) is 3.05.